The summed E-state index contributed by atoms with van der Waals surface area (Å²) in [6.45, 7) is 5.90. The summed E-state index contributed by atoms with van der Waals surface area (Å²) in [6.07, 6.45) is 6.31. The molecule has 1 aromatic carbocycles. The molecule has 18 heavy (non-hydrogen) atoms. The van der Waals surface area contributed by atoms with Crippen molar-refractivity contribution in [1.82, 2.24) is 0 Å². The van der Waals surface area contributed by atoms with Crippen molar-refractivity contribution in [3.63, 3.8) is 0 Å². The zero-order valence-corrected chi connectivity index (χ0v) is 10.8. The van der Waals surface area contributed by atoms with Gasteiger partial charge in [-0.1, -0.05) is 36.8 Å². The molecule has 3 heteroatoms. The van der Waals surface area contributed by atoms with Crippen LogP contribution in [0.5, 0.6) is 11.5 Å². The Bertz CT molecular complexity index is 495. The lowest BCUT2D eigenvalue weighted by molar-refractivity contribution is 0.112. The van der Waals surface area contributed by atoms with E-state index in [1.54, 1.807) is 6.07 Å². The molecule has 0 heterocycles. The van der Waals surface area contributed by atoms with Crippen LogP contribution in [0.3, 0.4) is 0 Å². The van der Waals surface area contributed by atoms with E-state index in [4.69, 9.17) is 0 Å². The molecular weight excluding hydrogens is 228 g/mol. The highest BCUT2D eigenvalue weighted by molar-refractivity contribution is 5.81. The summed E-state index contributed by atoms with van der Waals surface area (Å²) in [4.78, 5) is 10.6. The van der Waals surface area contributed by atoms with Crippen LogP contribution in [0.25, 0.3) is 0 Å². The van der Waals surface area contributed by atoms with E-state index in [0.29, 0.717) is 11.8 Å². The van der Waals surface area contributed by atoms with Gasteiger partial charge >= 0.3 is 0 Å². The van der Waals surface area contributed by atoms with Crippen LogP contribution in [0, 0.1) is 0 Å². The zero-order valence-electron chi connectivity index (χ0n) is 10.8. The highest BCUT2D eigenvalue weighted by atomic mass is 16.3. The standard InChI is InChI=1S/C15H18O3/c1-10(2)5-4-6-11(3)13-8-7-12(9-16)14(17)15(13)18/h4-9,11,17-18H,1-3H3/b6-4+/t11-/m0/s1. The van der Waals surface area contributed by atoms with Crippen molar-refractivity contribution in [2.75, 3.05) is 0 Å². The molecule has 1 rings (SSSR count). The Morgan fingerprint density at radius 2 is 1.89 bits per heavy atom. The predicted molar refractivity (Wildman–Crippen MR) is 72.1 cm³/mol. The van der Waals surface area contributed by atoms with E-state index in [-0.39, 0.29) is 23.0 Å². The number of hydrogen-bond donors (Lipinski definition) is 2. The van der Waals surface area contributed by atoms with Crippen LogP contribution in [0.2, 0.25) is 0 Å². The van der Waals surface area contributed by atoms with Gasteiger partial charge in [0, 0.05) is 11.5 Å². The Kier molecular flexibility index (Phi) is 4.72. The Hall–Kier alpha value is -2.03. The topological polar surface area (TPSA) is 57.5 Å². The quantitative estimate of drug-likeness (QED) is 0.485. The highest BCUT2D eigenvalue weighted by Gasteiger charge is 2.14. The molecule has 0 fully saturated rings. The summed E-state index contributed by atoms with van der Waals surface area (Å²) in [6, 6.07) is 3.15. The molecule has 0 saturated heterocycles. The first-order valence-electron chi connectivity index (χ1n) is 5.79. The maximum atomic E-state index is 10.6. The Labute approximate surface area is 107 Å². The average Bonchev–Trinajstić information content (AvgIpc) is 2.32. The molecule has 0 aliphatic carbocycles. The van der Waals surface area contributed by atoms with Gasteiger partial charge in [-0.25, -0.2) is 0 Å². The normalized spacial score (nSPS) is 12.4. The van der Waals surface area contributed by atoms with E-state index in [1.807, 2.05) is 39.0 Å². The summed E-state index contributed by atoms with van der Waals surface area (Å²) >= 11 is 0. The van der Waals surface area contributed by atoms with E-state index in [0.717, 1.165) is 0 Å². The summed E-state index contributed by atoms with van der Waals surface area (Å²) < 4.78 is 0. The van der Waals surface area contributed by atoms with Gasteiger partial charge in [-0.2, -0.15) is 0 Å². The summed E-state index contributed by atoms with van der Waals surface area (Å²) in [5.74, 6) is -0.633. The van der Waals surface area contributed by atoms with Crippen molar-refractivity contribution in [3.8, 4) is 11.5 Å². The Morgan fingerprint density at radius 3 is 2.44 bits per heavy atom. The third-order valence-electron chi connectivity index (χ3n) is 2.66. The number of allylic oxidation sites excluding steroid dienone is 4. The van der Waals surface area contributed by atoms with E-state index in [1.165, 1.54) is 11.6 Å². The molecule has 0 radical (unpaired) electrons. The SMILES string of the molecule is CC(C)=C/C=C/[C@H](C)c1ccc(C=O)c(O)c1O. The Morgan fingerprint density at radius 1 is 1.22 bits per heavy atom. The molecule has 0 saturated carbocycles. The minimum atomic E-state index is -0.357. The third kappa shape index (κ3) is 3.23. The lowest BCUT2D eigenvalue weighted by Crippen LogP contribution is -1.92. The molecule has 0 aliphatic rings. The molecule has 2 N–H and O–H groups in total. The van der Waals surface area contributed by atoms with Crippen molar-refractivity contribution in [1.29, 1.82) is 0 Å². The first-order chi connectivity index (χ1) is 8.47. The molecule has 0 unspecified atom stereocenters. The minimum Gasteiger partial charge on any atom is -0.504 e. The molecule has 0 bridgehead atoms. The number of carbonyl (C=O) groups is 1. The number of phenols is 2. The van der Waals surface area contributed by atoms with Crippen LogP contribution < -0.4 is 0 Å². The molecular formula is C15H18O3. The van der Waals surface area contributed by atoms with Crippen LogP contribution in [-0.2, 0) is 0 Å². The van der Waals surface area contributed by atoms with Crippen molar-refractivity contribution in [3.05, 3.63) is 47.1 Å². The number of carbonyl (C=O) groups excluding carboxylic acids is 1. The molecule has 3 nitrogen and oxygen atoms in total. The van der Waals surface area contributed by atoms with Gasteiger partial charge in [0.15, 0.2) is 17.8 Å². The number of aldehydes is 1. The molecule has 1 atom stereocenters. The fourth-order valence-corrected chi connectivity index (χ4v) is 1.59. The lowest BCUT2D eigenvalue weighted by Gasteiger charge is -2.11. The summed E-state index contributed by atoms with van der Waals surface area (Å²) in [5.41, 5.74) is 1.87. The number of aromatic hydroxyl groups is 2. The van der Waals surface area contributed by atoms with E-state index < -0.39 is 0 Å². The van der Waals surface area contributed by atoms with Gasteiger partial charge in [0.25, 0.3) is 0 Å². The third-order valence-corrected chi connectivity index (χ3v) is 2.66. The van der Waals surface area contributed by atoms with Gasteiger partial charge in [0.2, 0.25) is 0 Å². The Balaban J connectivity index is 3.04. The van der Waals surface area contributed by atoms with Crippen LogP contribution in [0.1, 0.15) is 42.6 Å². The maximum absolute atomic E-state index is 10.6. The zero-order chi connectivity index (χ0) is 13.7. The monoisotopic (exact) mass is 246 g/mol. The van der Waals surface area contributed by atoms with Gasteiger partial charge < -0.3 is 10.2 Å². The molecule has 0 spiro atoms. The average molecular weight is 246 g/mol. The second kappa shape index (κ2) is 6.05. The van der Waals surface area contributed by atoms with Crippen molar-refractivity contribution < 1.29 is 15.0 Å². The van der Waals surface area contributed by atoms with Gasteiger partial charge in [0.1, 0.15) is 0 Å². The van der Waals surface area contributed by atoms with Gasteiger partial charge in [-0.05, 0) is 19.9 Å². The van der Waals surface area contributed by atoms with Gasteiger partial charge in [-0.3, -0.25) is 4.79 Å². The minimum absolute atomic E-state index is 0.0489. The number of hydrogen-bond acceptors (Lipinski definition) is 3. The second-order valence-corrected chi connectivity index (χ2v) is 4.48. The second-order valence-electron chi connectivity index (χ2n) is 4.48. The van der Waals surface area contributed by atoms with E-state index >= 15 is 0 Å². The smallest absolute Gasteiger partial charge is 0.168 e. The maximum Gasteiger partial charge on any atom is 0.168 e. The van der Waals surface area contributed by atoms with E-state index in [9.17, 15) is 15.0 Å². The summed E-state index contributed by atoms with van der Waals surface area (Å²) in [5, 5.41) is 19.5. The largest absolute Gasteiger partial charge is 0.504 e. The first kappa shape index (κ1) is 14.0. The van der Waals surface area contributed by atoms with Crippen molar-refractivity contribution >= 4 is 6.29 Å². The predicted octanol–water partition coefficient (Wildman–Crippen LogP) is 3.54. The van der Waals surface area contributed by atoms with Gasteiger partial charge in [0.05, 0.1) is 5.56 Å². The molecule has 0 amide bonds. The van der Waals surface area contributed by atoms with Crippen LogP contribution >= 0.6 is 0 Å². The van der Waals surface area contributed by atoms with Crippen LogP contribution in [-0.4, -0.2) is 16.5 Å². The van der Waals surface area contributed by atoms with Crippen molar-refractivity contribution in [2.24, 2.45) is 0 Å². The number of benzene rings is 1. The first-order valence-corrected chi connectivity index (χ1v) is 5.79. The van der Waals surface area contributed by atoms with Crippen molar-refractivity contribution in [2.45, 2.75) is 26.7 Å². The molecule has 96 valence electrons. The number of rotatable bonds is 4. The van der Waals surface area contributed by atoms with Crippen LogP contribution in [0.4, 0.5) is 0 Å². The van der Waals surface area contributed by atoms with Gasteiger partial charge in [-0.15, -0.1) is 0 Å². The lowest BCUT2D eigenvalue weighted by atomic mass is 9.97. The number of phenolic OH excluding ortho intramolecular Hbond substituents is 2. The molecule has 0 aliphatic heterocycles. The highest BCUT2D eigenvalue weighted by Crippen LogP contribution is 2.36. The van der Waals surface area contributed by atoms with Crippen LogP contribution in [0.15, 0.2) is 35.9 Å². The fourth-order valence-electron chi connectivity index (χ4n) is 1.59. The molecule has 0 aromatic heterocycles. The van der Waals surface area contributed by atoms with E-state index in [2.05, 4.69) is 0 Å². The molecule has 1 aromatic rings. The summed E-state index contributed by atoms with van der Waals surface area (Å²) in [7, 11) is 0. The fraction of sp³-hybridized carbons (Fsp3) is 0.267.